The molecule has 1 atom stereocenters. The van der Waals surface area contributed by atoms with Crippen molar-refractivity contribution in [3.05, 3.63) is 59.2 Å². The van der Waals surface area contributed by atoms with Crippen molar-refractivity contribution in [2.45, 2.75) is 25.9 Å². The molecule has 0 aromatic heterocycles. The van der Waals surface area contributed by atoms with Crippen molar-refractivity contribution in [1.82, 2.24) is 0 Å². The maximum atomic E-state index is 12.8. The SMILES string of the molecule is CCC1(C)C=Cc2c(cc(OC)c(C(=O)/C=C/c3ccc(OC)cc3)c2O)O1. The summed E-state index contributed by atoms with van der Waals surface area (Å²) in [7, 11) is 3.06. The molecule has 0 bridgehead atoms. The molecule has 1 aliphatic rings. The van der Waals surface area contributed by atoms with Crippen molar-refractivity contribution in [3.8, 4) is 23.0 Å². The fourth-order valence-corrected chi connectivity index (χ4v) is 2.99. The van der Waals surface area contributed by atoms with E-state index in [4.69, 9.17) is 14.2 Å². The number of allylic oxidation sites excluding steroid dienone is 1. The third kappa shape index (κ3) is 3.74. The second kappa shape index (κ2) is 7.80. The van der Waals surface area contributed by atoms with Gasteiger partial charge in [0.15, 0.2) is 5.78 Å². The largest absolute Gasteiger partial charge is 0.506 e. The molecule has 0 fully saturated rings. The lowest BCUT2D eigenvalue weighted by atomic mass is 9.94. The number of benzene rings is 2. The molecule has 2 aromatic carbocycles. The molecule has 5 nitrogen and oxygen atoms in total. The minimum absolute atomic E-state index is 0.111. The summed E-state index contributed by atoms with van der Waals surface area (Å²) in [6.45, 7) is 3.99. The zero-order valence-electron chi connectivity index (χ0n) is 16.5. The summed E-state index contributed by atoms with van der Waals surface area (Å²) in [5, 5.41) is 10.7. The van der Waals surface area contributed by atoms with Crippen LogP contribution in [0.25, 0.3) is 12.2 Å². The lowest BCUT2D eigenvalue weighted by Gasteiger charge is -2.31. The minimum Gasteiger partial charge on any atom is -0.506 e. The third-order valence-electron chi connectivity index (χ3n) is 4.92. The predicted molar refractivity (Wildman–Crippen MR) is 109 cm³/mol. The normalized spacial score (nSPS) is 17.9. The van der Waals surface area contributed by atoms with Crippen LogP contribution in [-0.2, 0) is 0 Å². The maximum Gasteiger partial charge on any atom is 0.193 e. The highest BCUT2D eigenvalue weighted by molar-refractivity contribution is 6.11. The molecule has 0 aliphatic carbocycles. The number of hydrogen-bond acceptors (Lipinski definition) is 5. The molecule has 2 aromatic rings. The van der Waals surface area contributed by atoms with Crippen molar-refractivity contribution in [2.24, 2.45) is 0 Å². The molecular weight excluding hydrogens is 356 g/mol. The van der Waals surface area contributed by atoms with E-state index in [1.807, 2.05) is 44.2 Å². The third-order valence-corrected chi connectivity index (χ3v) is 4.92. The van der Waals surface area contributed by atoms with Crippen molar-refractivity contribution < 1.29 is 24.1 Å². The van der Waals surface area contributed by atoms with Gasteiger partial charge >= 0.3 is 0 Å². The second-order valence-electron chi connectivity index (χ2n) is 6.79. The van der Waals surface area contributed by atoms with Crippen LogP contribution in [-0.4, -0.2) is 30.7 Å². The Morgan fingerprint density at radius 2 is 1.93 bits per heavy atom. The number of ether oxygens (including phenoxy) is 3. The van der Waals surface area contributed by atoms with Gasteiger partial charge in [0, 0.05) is 6.07 Å². The van der Waals surface area contributed by atoms with Gasteiger partial charge in [0.05, 0.1) is 19.8 Å². The van der Waals surface area contributed by atoms with Gasteiger partial charge in [0.2, 0.25) is 0 Å². The Bertz CT molecular complexity index is 940. The highest BCUT2D eigenvalue weighted by Crippen LogP contribution is 2.44. The van der Waals surface area contributed by atoms with Crippen LogP contribution >= 0.6 is 0 Å². The Morgan fingerprint density at radius 3 is 2.54 bits per heavy atom. The van der Waals surface area contributed by atoms with Crippen LogP contribution in [0.2, 0.25) is 0 Å². The van der Waals surface area contributed by atoms with Gasteiger partial charge in [-0.3, -0.25) is 4.79 Å². The number of phenols is 1. The Kier molecular flexibility index (Phi) is 5.45. The maximum absolute atomic E-state index is 12.8. The number of carbonyl (C=O) groups is 1. The first-order chi connectivity index (χ1) is 13.4. The van der Waals surface area contributed by atoms with E-state index in [0.29, 0.717) is 11.3 Å². The summed E-state index contributed by atoms with van der Waals surface area (Å²) in [5.41, 5.74) is 0.976. The standard InChI is InChI=1S/C23H24O5/c1-5-23(2)13-12-17-19(28-23)14-20(27-4)21(22(17)25)18(24)11-8-15-6-9-16(26-3)10-7-15/h6-14,25H,5H2,1-4H3/b11-8+. The number of rotatable bonds is 6. The number of fused-ring (bicyclic) bond motifs is 1. The van der Waals surface area contributed by atoms with E-state index in [-0.39, 0.29) is 22.8 Å². The first-order valence-corrected chi connectivity index (χ1v) is 9.09. The van der Waals surface area contributed by atoms with Crippen LogP contribution in [0, 0.1) is 0 Å². The molecule has 1 aliphatic heterocycles. The number of hydrogen-bond donors (Lipinski definition) is 1. The van der Waals surface area contributed by atoms with Crippen molar-refractivity contribution in [3.63, 3.8) is 0 Å². The summed E-state index contributed by atoms with van der Waals surface area (Å²) in [6.07, 6.45) is 7.55. The van der Waals surface area contributed by atoms with E-state index >= 15 is 0 Å². The van der Waals surface area contributed by atoms with E-state index < -0.39 is 5.60 Å². The van der Waals surface area contributed by atoms with Crippen LogP contribution in [0.3, 0.4) is 0 Å². The van der Waals surface area contributed by atoms with Crippen LogP contribution in [0.1, 0.15) is 41.8 Å². The average Bonchev–Trinajstić information content (AvgIpc) is 2.71. The summed E-state index contributed by atoms with van der Waals surface area (Å²) in [6, 6.07) is 8.96. The zero-order valence-corrected chi connectivity index (χ0v) is 16.5. The molecular formula is C23H24O5. The van der Waals surface area contributed by atoms with Gasteiger partial charge in [-0.05, 0) is 49.3 Å². The van der Waals surface area contributed by atoms with Crippen LogP contribution < -0.4 is 14.2 Å². The highest BCUT2D eigenvalue weighted by Gasteiger charge is 2.30. The molecule has 5 heteroatoms. The molecule has 28 heavy (non-hydrogen) atoms. The van der Waals surface area contributed by atoms with E-state index in [1.165, 1.54) is 13.2 Å². The van der Waals surface area contributed by atoms with Gasteiger partial charge in [-0.15, -0.1) is 0 Å². The van der Waals surface area contributed by atoms with Crippen LogP contribution in [0.15, 0.2) is 42.5 Å². The molecule has 3 rings (SSSR count). The Balaban J connectivity index is 1.95. The molecule has 1 unspecified atom stereocenters. The predicted octanol–water partition coefficient (Wildman–Crippen LogP) is 4.88. The van der Waals surface area contributed by atoms with E-state index in [1.54, 1.807) is 25.3 Å². The fraction of sp³-hybridized carbons (Fsp3) is 0.261. The van der Waals surface area contributed by atoms with Crippen LogP contribution in [0.5, 0.6) is 23.0 Å². The number of aromatic hydroxyl groups is 1. The summed E-state index contributed by atoms with van der Waals surface area (Å²) in [5.74, 6) is 1.01. The first kappa shape index (κ1) is 19.5. The van der Waals surface area contributed by atoms with Gasteiger partial charge in [-0.2, -0.15) is 0 Å². The van der Waals surface area contributed by atoms with E-state index in [0.717, 1.165) is 17.7 Å². The molecule has 1 N–H and O–H groups in total. The summed E-state index contributed by atoms with van der Waals surface area (Å²) < 4.78 is 16.5. The fourth-order valence-electron chi connectivity index (χ4n) is 2.99. The lowest BCUT2D eigenvalue weighted by molar-refractivity contribution is 0.104. The average molecular weight is 380 g/mol. The molecule has 146 valence electrons. The smallest absolute Gasteiger partial charge is 0.193 e. The minimum atomic E-state index is -0.454. The highest BCUT2D eigenvalue weighted by atomic mass is 16.5. The monoisotopic (exact) mass is 380 g/mol. The van der Waals surface area contributed by atoms with E-state index in [2.05, 4.69) is 0 Å². The van der Waals surface area contributed by atoms with E-state index in [9.17, 15) is 9.90 Å². The van der Waals surface area contributed by atoms with Gasteiger partial charge in [-0.25, -0.2) is 0 Å². The zero-order chi connectivity index (χ0) is 20.3. The number of carbonyl (C=O) groups excluding carboxylic acids is 1. The molecule has 0 spiro atoms. The molecule has 0 saturated carbocycles. The van der Waals surface area contributed by atoms with Crippen molar-refractivity contribution in [1.29, 1.82) is 0 Å². The first-order valence-electron chi connectivity index (χ1n) is 9.09. The molecule has 1 heterocycles. The Hall–Kier alpha value is -3.21. The van der Waals surface area contributed by atoms with Crippen molar-refractivity contribution in [2.75, 3.05) is 14.2 Å². The topological polar surface area (TPSA) is 65.0 Å². The summed E-state index contributed by atoms with van der Waals surface area (Å²) in [4.78, 5) is 12.8. The Labute approximate surface area is 164 Å². The lowest BCUT2D eigenvalue weighted by Crippen LogP contribution is -2.30. The van der Waals surface area contributed by atoms with Crippen LogP contribution in [0.4, 0.5) is 0 Å². The quantitative estimate of drug-likeness (QED) is 0.572. The number of methoxy groups -OCH3 is 2. The summed E-state index contributed by atoms with van der Waals surface area (Å²) >= 11 is 0. The van der Waals surface area contributed by atoms with Gasteiger partial charge in [0.1, 0.15) is 34.2 Å². The van der Waals surface area contributed by atoms with Gasteiger partial charge in [0.25, 0.3) is 0 Å². The van der Waals surface area contributed by atoms with Gasteiger partial charge < -0.3 is 19.3 Å². The van der Waals surface area contributed by atoms with Gasteiger partial charge in [-0.1, -0.05) is 25.1 Å². The second-order valence-corrected chi connectivity index (χ2v) is 6.79. The Morgan fingerprint density at radius 1 is 1.21 bits per heavy atom. The molecule has 0 amide bonds. The van der Waals surface area contributed by atoms with Crippen molar-refractivity contribution >= 4 is 17.9 Å². The number of ketones is 1. The number of phenolic OH excluding ortho intramolecular Hbond substituents is 1. The molecule has 0 radical (unpaired) electrons. The molecule has 0 saturated heterocycles.